The van der Waals surface area contributed by atoms with E-state index >= 15 is 0 Å². The van der Waals surface area contributed by atoms with Crippen LogP contribution >= 0.6 is 0 Å². The maximum Gasteiger partial charge on any atom is 0.102 e. The molecule has 3 heteroatoms. The van der Waals surface area contributed by atoms with Gasteiger partial charge in [-0.1, -0.05) is 6.42 Å². The number of alkyl halides is 1. The summed E-state index contributed by atoms with van der Waals surface area (Å²) in [5.74, 6) is 0. The molecule has 0 aromatic rings. The molecule has 1 heterocycles. The molecule has 0 aliphatic carbocycles. The first kappa shape index (κ1) is 9.93. The molecule has 1 saturated heterocycles. The Hall–Kier alpha value is -0.150. The highest BCUT2D eigenvalue weighted by Gasteiger charge is 2.17. The summed E-state index contributed by atoms with van der Waals surface area (Å²) in [7, 11) is 2.15. The van der Waals surface area contributed by atoms with Crippen LogP contribution in [0.25, 0.3) is 0 Å². The first-order chi connectivity index (χ1) is 5.84. The topological polar surface area (TPSA) is 15.3 Å². The molecule has 0 amide bonds. The highest BCUT2D eigenvalue weighted by molar-refractivity contribution is 4.75. The Labute approximate surface area is 74.1 Å². The largest absolute Gasteiger partial charge is 0.313 e. The molecule has 1 unspecified atom stereocenters. The van der Waals surface area contributed by atoms with E-state index in [-0.39, 0.29) is 6.67 Å². The summed E-state index contributed by atoms with van der Waals surface area (Å²) in [5.41, 5.74) is 0. The van der Waals surface area contributed by atoms with Gasteiger partial charge in [-0.3, -0.25) is 0 Å². The van der Waals surface area contributed by atoms with Crippen LogP contribution in [-0.4, -0.2) is 44.3 Å². The van der Waals surface area contributed by atoms with Gasteiger partial charge in [0.1, 0.15) is 6.67 Å². The Balaban J connectivity index is 2.11. The van der Waals surface area contributed by atoms with E-state index in [0.717, 1.165) is 6.54 Å². The van der Waals surface area contributed by atoms with Crippen molar-refractivity contribution in [2.24, 2.45) is 0 Å². The standard InChI is InChI=1S/C9H19FN2/c1-12-7-3-2-4-9(12)8-11-6-5-10/h9,11H,2-8H2,1H3. The van der Waals surface area contributed by atoms with Gasteiger partial charge in [-0.15, -0.1) is 0 Å². The lowest BCUT2D eigenvalue weighted by Crippen LogP contribution is -2.43. The van der Waals surface area contributed by atoms with Crippen LogP contribution in [0.3, 0.4) is 0 Å². The number of hydrogen-bond donors (Lipinski definition) is 1. The minimum Gasteiger partial charge on any atom is -0.313 e. The van der Waals surface area contributed by atoms with Crippen LogP contribution in [0.15, 0.2) is 0 Å². The smallest absolute Gasteiger partial charge is 0.102 e. The molecule has 1 N–H and O–H groups in total. The van der Waals surface area contributed by atoms with Gasteiger partial charge in [0, 0.05) is 19.1 Å². The lowest BCUT2D eigenvalue weighted by molar-refractivity contribution is 0.181. The number of rotatable bonds is 4. The van der Waals surface area contributed by atoms with Crippen molar-refractivity contribution in [2.75, 3.05) is 33.4 Å². The first-order valence-electron chi connectivity index (χ1n) is 4.81. The van der Waals surface area contributed by atoms with Gasteiger partial charge in [0.05, 0.1) is 0 Å². The number of piperidine rings is 1. The zero-order valence-corrected chi connectivity index (χ0v) is 7.85. The van der Waals surface area contributed by atoms with Crippen molar-refractivity contribution < 1.29 is 4.39 Å². The Morgan fingerprint density at radius 3 is 3.00 bits per heavy atom. The normalized spacial score (nSPS) is 26.0. The third-order valence-electron chi connectivity index (χ3n) is 2.57. The third-order valence-corrected chi connectivity index (χ3v) is 2.57. The molecule has 0 bridgehead atoms. The monoisotopic (exact) mass is 174 g/mol. The van der Waals surface area contributed by atoms with Gasteiger partial charge in [0.15, 0.2) is 0 Å². The van der Waals surface area contributed by atoms with Crippen molar-refractivity contribution in [3.8, 4) is 0 Å². The Kier molecular flexibility index (Phi) is 4.54. The molecule has 1 atom stereocenters. The van der Waals surface area contributed by atoms with E-state index in [1.807, 2.05) is 0 Å². The molecule has 0 spiro atoms. The second-order valence-corrected chi connectivity index (χ2v) is 3.52. The summed E-state index contributed by atoms with van der Waals surface area (Å²) in [6.07, 6.45) is 3.90. The van der Waals surface area contributed by atoms with Crippen LogP contribution in [0.5, 0.6) is 0 Å². The van der Waals surface area contributed by atoms with Crippen molar-refractivity contribution in [2.45, 2.75) is 25.3 Å². The van der Waals surface area contributed by atoms with Crippen LogP contribution in [0.4, 0.5) is 4.39 Å². The van der Waals surface area contributed by atoms with E-state index < -0.39 is 0 Å². The molecule has 12 heavy (non-hydrogen) atoms. The fourth-order valence-corrected chi connectivity index (χ4v) is 1.74. The molecule has 0 radical (unpaired) electrons. The van der Waals surface area contributed by atoms with E-state index in [9.17, 15) is 4.39 Å². The maximum absolute atomic E-state index is 11.8. The lowest BCUT2D eigenvalue weighted by atomic mass is 10.0. The van der Waals surface area contributed by atoms with Crippen LogP contribution in [0, 0.1) is 0 Å². The van der Waals surface area contributed by atoms with E-state index in [0.29, 0.717) is 12.6 Å². The quantitative estimate of drug-likeness (QED) is 0.640. The molecular formula is C9H19FN2. The Morgan fingerprint density at radius 1 is 1.50 bits per heavy atom. The second-order valence-electron chi connectivity index (χ2n) is 3.52. The molecule has 72 valence electrons. The molecule has 0 aromatic carbocycles. The maximum atomic E-state index is 11.8. The van der Waals surface area contributed by atoms with Gasteiger partial charge in [-0.2, -0.15) is 0 Å². The third kappa shape index (κ3) is 3.07. The average Bonchev–Trinajstić information content (AvgIpc) is 2.09. The molecule has 1 rings (SSSR count). The SMILES string of the molecule is CN1CCCCC1CNCCF. The van der Waals surface area contributed by atoms with Gasteiger partial charge in [-0.25, -0.2) is 4.39 Å². The Morgan fingerprint density at radius 2 is 2.33 bits per heavy atom. The fourth-order valence-electron chi connectivity index (χ4n) is 1.74. The molecule has 1 aliphatic rings. The van der Waals surface area contributed by atoms with Gasteiger partial charge in [0.2, 0.25) is 0 Å². The molecule has 0 aromatic heterocycles. The molecule has 1 aliphatic heterocycles. The Bertz CT molecular complexity index is 119. The molecular weight excluding hydrogens is 155 g/mol. The number of nitrogens with zero attached hydrogens (tertiary/aromatic N) is 1. The summed E-state index contributed by atoms with van der Waals surface area (Å²) in [4.78, 5) is 2.37. The average molecular weight is 174 g/mol. The number of nitrogens with one attached hydrogen (secondary N) is 1. The van der Waals surface area contributed by atoms with Crippen molar-refractivity contribution in [3.05, 3.63) is 0 Å². The molecule has 1 fully saturated rings. The predicted molar refractivity (Wildman–Crippen MR) is 49.1 cm³/mol. The lowest BCUT2D eigenvalue weighted by Gasteiger charge is -2.32. The van der Waals surface area contributed by atoms with Gasteiger partial charge < -0.3 is 10.2 Å². The van der Waals surface area contributed by atoms with Crippen molar-refractivity contribution >= 4 is 0 Å². The van der Waals surface area contributed by atoms with Crippen LogP contribution in [-0.2, 0) is 0 Å². The second kappa shape index (κ2) is 5.49. The fraction of sp³-hybridized carbons (Fsp3) is 1.00. The van der Waals surface area contributed by atoms with Crippen molar-refractivity contribution in [1.82, 2.24) is 10.2 Å². The highest BCUT2D eigenvalue weighted by atomic mass is 19.1. The van der Waals surface area contributed by atoms with Crippen LogP contribution in [0.1, 0.15) is 19.3 Å². The summed E-state index contributed by atoms with van der Waals surface area (Å²) in [6.45, 7) is 2.39. The van der Waals surface area contributed by atoms with Crippen molar-refractivity contribution in [3.63, 3.8) is 0 Å². The summed E-state index contributed by atoms with van der Waals surface area (Å²) < 4.78 is 11.8. The number of likely N-dealkylation sites (tertiary alicyclic amines) is 1. The van der Waals surface area contributed by atoms with Crippen molar-refractivity contribution in [1.29, 1.82) is 0 Å². The minimum atomic E-state index is -0.254. The van der Waals surface area contributed by atoms with E-state index in [2.05, 4.69) is 17.3 Å². The molecule has 0 saturated carbocycles. The number of hydrogen-bond acceptors (Lipinski definition) is 2. The number of likely N-dealkylation sites (N-methyl/N-ethyl adjacent to an activating group) is 1. The number of halogens is 1. The predicted octanol–water partition coefficient (Wildman–Crippen LogP) is 1.03. The zero-order valence-electron chi connectivity index (χ0n) is 7.85. The van der Waals surface area contributed by atoms with Gasteiger partial charge in [-0.05, 0) is 26.4 Å². The summed E-state index contributed by atoms with van der Waals surface area (Å²) in [5, 5.41) is 3.12. The van der Waals surface area contributed by atoms with E-state index in [1.165, 1.54) is 25.8 Å². The van der Waals surface area contributed by atoms with E-state index in [1.54, 1.807) is 0 Å². The van der Waals surface area contributed by atoms with Crippen LogP contribution in [0.2, 0.25) is 0 Å². The van der Waals surface area contributed by atoms with Gasteiger partial charge >= 0.3 is 0 Å². The first-order valence-corrected chi connectivity index (χ1v) is 4.81. The van der Waals surface area contributed by atoms with Crippen LogP contribution < -0.4 is 5.32 Å². The highest BCUT2D eigenvalue weighted by Crippen LogP contribution is 2.13. The summed E-state index contributed by atoms with van der Waals surface area (Å²) in [6, 6.07) is 0.630. The van der Waals surface area contributed by atoms with Gasteiger partial charge in [0.25, 0.3) is 0 Å². The molecule has 2 nitrogen and oxygen atoms in total. The zero-order chi connectivity index (χ0) is 8.81. The van der Waals surface area contributed by atoms with E-state index in [4.69, 9.17) is 0 Å². The minimum absolute atomic E-state index is 0.254. The summed E-state index contributed by atoms with van der Waals surface area (Å²) >= 11 is 0.